The van der Waals surface area contributed by atoms with Crippen LogP contribution in [0.15, 0.2) is 71.2 Å². The lowest BCUT2D eigenvalue weighted by Crippen LogP contribution is -2.31. The Balaban J connectivity index is 1.73. The summed E-state index contributed by atoms with van der Waals surface area (Å²) in [5, 5.41) is 2.86. The van der Waals surface area contributed by atoms with Crippen LogP contribution in [0.5, 0.6) is 5.75 Å². The van der Waals surface area contributed by atoms with Crippen LogP contribution in [0.1, 0.15) is 35.3 Å². The molecule has 0 bridgehead atoms. The number of nitrogens with one attached hydrogen (secondary N) is 1. The third kappa shape index (κ3) is 5.56. The van der Waals surface area contributed by atoms with Gasteiger partial charge in [0.2, 0.25) is 0 Å². The van der Waals surface area contributed by atoms with Crippen molar-refractivity contribution < 1.29 is 14.3 Å². The Hall–Kier alpha value is -3.12. The quantitative estimate of drug-likeness (QED) is 0.429. The summed E-state index contributed by atoms with van der Waals surface area (Å²) in [5.74, 6) is 0.285. The van der Waals surface area contributed by atoms with Crippen molar-refractivity contribution in [3.63, 3.8) is 0 Å². The zero-order chi connectivity index (χ0) is 23.3. The third-order valence-corrected chi connectivity index (χ3v) is 5.55. The normalized spacial score (nSPS) is 11.5. The summed E-state index contributed by atoms with van der Waals surface area (Å²) in [6.45, 7) is 8.06. The number of aryl methyl sites for hydroxylation is 2. The average Bonchev–Trinajstić information content (AvgIpc) is 2.77. The fraction of sp³-hybridized carbons (Fsp3) is 0.231. The van der Waals surface area contributed by atoms with Crippen molar-refractivity contribution in [1.29, 1.82) is 0 Å². The van der Waals surface area contributed by atoms with Gasteiger partial charge in [0.25, 0.3) is 11.8 Å². The summed E-state index contributed by atoms with van der Waals surface area (Å²) >= 11 is 3.47. The first-order valence-electron chi connectivity index (χ1n) is 10.5. The number of rotatable bonds is 7. The summed E-state index contributed by atoms with van der Waals surface area (Å²) in [5.41, 5.74) is 3.78. The SMILES string of the molecule is CCN(C(=O)c1cccc(NC(=O)C(C)Oc2c(C)cc(Br)cc2C)c1)c1ccccc1. The van der Waals surface area contributed by atoms with Crippen LogP contribution in [0, 0.1) is 13.8 Å². The lowest BCUT2D eigenvalue weighted by Gasteiger charge is -2.21. The van der Waals surface area contributed by atoms with Gasteiger partial charge in [-0.2, -0.15) is 0 Å². The van der Waals surface area contributed by atoms with E-state index >= 15 is 0 Å². The van der Waals surface area contributed by atoms with E-state index in [0.717, 1.165) is 21.3 Å². The van der Waals surface area contributed by atoms with Crippen molar-refractivity contribution in [3.8, 4) is 5.75 Å². The number of hydrogen-bond donors (Lipinski definition) is 1. The van der Waals surface area contributed by atoms with Crippen LogP contribution < -0.4 is 15.0 Å². The van der Waals surface area contributed by atoms with Crippen LogP contribution >= 0.6 is 15.9 Å². The van der Waals surface area contributed by atoms with Gasteiger partial charge in [0, 0.05) is 28.0 Å². The molecule has 5 nitrogen and oxygen atoms in total. The molecule has 166 valence electrons. The van der Waals surface area contributed by atoms with Crippen molar-refractivity contribution in [2.75, 3.05) is 16.8 Å². The number of halogens is 1. The number of amides is 2. The highest BCUT2D eigenvalue weighted by Gasteiger charge is 2.19. The Kier molecular flexibility index (Phi) is 7.70. The second-order valence-corrected chi connectivity index (χ2v) is 8.50. The van der Waals surface area contributed by atoms with Crippen LogP contribution in [0.25, 0.3) is 0 Å². The molecule has 0 aliphatic rings. The smallest absolute Gasteiger partial charge is 0.265 e. The highest BCUT2D eigenvalue weighted by molar-refractivity contribution is 9.10. The molecule has 0 saturated heterocycles. The van der Waals surface area contributed by atoms with Gasteiger partial charge in [0.1, 0.15) is 5.75 Å². The first kappa shape index (κ1) is 23.5. The van der Waals surface area contributed by atoms with E-state index in [-0.39, 0.29) is 11.8 Å². The highest BCUT2D eigenvalue weighted by Crippen LogP contribution is 2.28. The summed E-state index contributed by atoms with van der Waals surface area (Å²) in [6, 6.07) is 20.4. The van der Waals surface area contributed by atoms with Gasteiger partial charge in [-0.25, -0.2) is 0 Å². The monoisotopic (exact) mass is 494 g/mol. The molecule has 3 rings (SSSR count). The van der Waals surface area contributed by atoms with Gasteiger partial charge in [-0.05, 0) is 81.3 Å². The van der Waals surface area contributed by atoms with E-state index in [1.165, 1.54) is 0 Å². The van der Waals surface area contributed by atoms with Gasteiger partial charge in [-0.15, -0.1) is 0 Å². The number of ether oxygens (including phenoxy) is 1. The number of para-hydroxylation sites is 1. The van der Waals surface area contributed by atoms with Crippen molar-refractivity contribution in [3.05, 3.63) is 87.9 Å². The van der Waals surface area contributed by atoms with Crippen molar-refractivity contribution >= 4 is 39.1 Å². The lowest BCUT2D eigenvalue weighted by atomic mass is 10.1. The number of carbonyl (C=O) groups is 2. The van der Waals surface area contributed by atoms with Crippen molar-refractivity contribution in [2.24, 2.45) is 0 Å². The van der Waals surface area contributed by atoms with E-state index in [2.05, 4.69) is 21.2 Å². The largest absolute Gasteiger partial charge is 0.480 e. The molecule has 0 fully saturated rings. The zero-order valence-electron chi connectivity index (χ0n) is 18.7. The highest BCUT2D eigenvalue weighted by atomic mass is 79.9. The maximum absolute atomic E-state index is 13.1. The number of anilines is 2. The zero-order valence-corrected chi connectivity index (χ0v) is 20.3. The predicted molar refractivity (Wildman–Crippen MR) is 133 cm³/mol. The summed E-state index contributed by atoms with van der Waals surface area (Å²) in [7, 11) is 0. The molecule has 0 aromatic heterocycles. The van der Waals surface area contributed by atoms with Crippen LogP contribution in [0.3, 0.4) is 0 Å². The van der Waals surface area contributed by atoms with Gasteiger partial charge in [0.05, 0.1) is 0 Å². The number of benzene rings is 3. The molecule has 6 heteroatoms. The molecule has 1 N–H and O–H groups in total. The first-order valence-corrected chi connectivity index (χ1v) is 11.3. The van der Waals surface area contributed by atoms with Crippen LogP contribution in [-0.4, -0.2) is 24.5 Å². The summed E-state index contributed by atoms with van der Waals surface area (Å²) in [4.78, 5) is 27.5. The Morgan fingerprint density at radius 3 is 2.28 bits per heavy atom. The maximum Gasteiger partial charge on any atom is 0.265 e. The molecule has 1 unspecified atom stereocenters. The molecule has 0 radical (unpaired) electrons. The fourth-order valence-corrected chi connectivity index (χ4v) is 4.18. The first-order chi connectivity index (χ1) is 15.3. The molecular weight excluding hydrogens is 468 g/mol. The van der Waals surface area contributed by atoms with E-state index in [9.17, 15) is 9.59 Å². The Morgan fingerprint density at radius 2 is 1.66 bits per heavy atom. The minimum absolute atomic E-state index is 0.125. The molecule has 0 aliphatic heterocycles. The van der Waals surface area contributed by atoms with Crippen molar-refractivity contribution in [2.45, 2.75) is 33.8 Å². The van der Waals surface area contributed by atoms with E-state index in [0.29, 0.717) is 23.5 Å². The molecule has 1 atom stereocenters. The van der Waals surface area contributed by atoms with Crippen LogP contribution in [0.4, 0.5) is 11.4 Å². The van der Waals surface area contributed by atoms with E-state index in [1.807, 2.05) is 63.2 Å². The lowest BCUT2D eigenvalue weighted by molar-refractivity contribution is -0.122. The Bertz CT molecular complexity index is 1090. The van der Waals surface area contributed by atoms with E-state index in [1.54, 1.807) is 36.1 Å². The topological polar surface area (TPSA) is 58.6 Å². The van der Waals surface area contributed by atoms with Gasteiger partial charge < -0.3 is 15.0 Å². The Morgan fingerprint density at radius 1 is 1.00 bits per heavy atom. The summed E-state index contributed by atoms with van der Waals surface area (Å²) in [6.07, 6.45) is -0.704. The minimum atomic E-state index is -0.704. The van der Waals surface area contributed by atoms with E-state index < -0.39 is 6.10 Å². The standard InChI is InChI=1S/C26H27BrN2O3/c1-5-29(23-12-7-6-8-13-23)26(31)20-10-9-11-22(16-20)28-25(30)19(4)32-24-17(2)14-21(27)15-18(24)3/h6-16,19H,5H2,1-4H3,(H,28,30). The van der Waals surface area contributed by atoms with Gasteiger partial charge in [0.15, 0.2) is 6.10 Å². The molecular formula is C26H27BrN2O3. The number of nitrogens with zero attached hydrogens (tertiary/aromatic N) is 1. The van der Waals surface area contributed by atoms with Crippen LogP contribution in [0.2, 0.25) is 0 Å². The Labute approximate surface area is 197 Å². The van der Waals surface area contributed by atoms with Crippen molar-refractivity contribution in [1.82, 2.24) is 0 Å². The molecule has 0 saturated carbocycles. The molecule has 0 spiro atoms. The third-order valence-electron chi connectivity index (χ3n) is 5.10. The molecule has 0 aliphatic carbocycles. The van der Waals surface area contributed by atoms with Gasteiger partial charge >= 0.3 is 0 Å². The minimum Gasteiger partial charge on any atom is -0.480 e. The number of carbonyl (C=O) groups excluding carboxylic acids is 2. The summed E-state index contributed by atoms with van der Waals surface area (Å²) < 4.78 is 6.92. The molecule has 2 amide bonds. The average molecular weight is 495 g/mol. The molecule has 0 heterocycles. The van der Waals surface area contributed by atoms with Gasteiger partial charge in [-0.1, -0.05) is 40.2 Å². The number of hydrogen-bond acceptors (Lipinski definition) is 3. The molecule has 3 aromatic rings. The predicted octanol–water partition coefficient (Wildman–Crippen LogP) is 6.14. The second kappa shape index (κ2) is 10.5. The molecule has 32 heavy (non-hydrogen) atoms. The molecule has 3 aromatic carbocycles. The fourth-order valence-electron chi connectivity index (χ4n) is 3.49. The van der Waals surface area contributed by atoms with Gasteiger partial charge in [-0.3, -0.25) is 9.59 Å². The second-order valence-electron chi connectivity index (χ2n) is 7.58. The maximum atomic E-state index is 13.1. The van der Waals surface area contributed by atoms with Crippen LogP contribution in [-0.2, 0) is 4.79 Å². The van der Waals surface area contributed by atoms with E-state index in [4.69, 9.17) is 4.74 Å².